The van der Waals surface area contributed by atoms with Crippen LogP contribution in [0.5, 0.6) is 0 Å². The van der Waals surface area contributed by atoms with Gasteiger partial charge in [0.1, 0.15) is 5.82 Å². The van der Waals surface area contributed by atoms with Crippen LogP contribution in [0, 0.1) is 5.82 Å². The molecule has 20 heavy (non-hydrogen) atoms. The van der Waals surface area contributed by atoms with Crippen molar-refractivity contribution in [3.63, 3.8) is 0 Å². The molecule has 1 fully saturated rings. The summed E-state index contributed by atoms with van der Waals surface area (Å²) in [5.41, 5.74) is 1.00. The zero-order valence-corrected chi connectivity index (χ0v) is 12.8. The second-order valence-electron chi connectivity index (χ2n) is 5.49. The van der Waals surface area contributed by atoms with Gasteiger partial charge in [0.05, 0.1) is 6.10 Å². The number of halogens is 2. The topological polar surface area (TPSA) is 21.3 Å². The molecule has 112 valence electrons. The van der Waals surface area contributed by atoms with Crippen LogP contribution in [0.4, 0.5) is 4.39 Å². The molecule has 0 radical (unpaired) electrons. The van der Waals surface area contributed by atoms with Crippen LogP contribution in [-0.2, 0) is 11.2 Å². The van der Waals surface area contributed by atoms with Gasteiger partial charge < -0.3 is 10.1 Å². The molecule has 2 unspecified atom stereocenters. The van der Waals surface area contributed by atoms with Crippen LogP contribution in [-0.4, -0.2) is 25.8 Å². The summed E-state index contributed by atoms with van der Waals surface area (Å²) < 4.78 is 18.7. The molecule has 1 saturated heterocycles. The Morgan fingerprint density at radius 1 is 1.50 bits per heavy atom. The Labute approximate surface area is 125 Å². The van der Waals surface area contributed by atoms with Gasteiger partial charge in [-0.2, -0.15) is 0 Å². The van der Waals surface area contributed by atoms with Gasteiger partial charge in [0.2, 0.25) is 0 Å². The maximum absolute atomic E-state index is 13.0. The predicted octanol–water partition coefficient (Wildman–Crippen LogP) is 3.96. The largest absolute Gasteiger partial charge is 0.378 e. The summed E-state index contributed by atoms with van der Waals surface area (Å²) in [5, 5.41) is 3.84. The molecular formula is C16H23ClFNO. The lowest BCUT2D eigenvalue weighted by atomic mass is 9.99. The number of hydrogen-bond donors (Lipinski definition) is 1. The van der Waals surface area contributed by atoms with Crippen molar-refractivity contribution in [3.8, 4) is 0 Å². The molecule has 0 bridgehead atoms. The van der Waals surface area contributed by atoms with Gasteiger partial charge in [0.15, 0.2) is 0 Å². The monoisotopic (exact) mass is 299 g/mol. The first-order chi connectivity index (χ1) is 9.69. The Hall–Kier alpha value is -0.640. The summed E-state index contributed by atoms with van der Waals surface area (Å²) in [6.45, 7) is 0.922. The summed E-state index contributed by atoms with van der Waals surface area (Å²) in [4.78, 5) is 0. The number of likely N-dealkylation sites (N-methyl/N-ethyl adjacent to an activating group) is 1. The lowest BCUT2D eigenvalue weighted by Gasteiger charge is -2.18. The zero-order chi connectivity index (χ0) is 14.4. The van der Waals surface area contributed by atoms with Gasteiger partial charge in [0, 0.05) is 17.7 Å². The van der Waals surface area contributed by atoms with E-state index in [1.165, 1.54) is 25.0 Å². The van der Waals surface area contributed by atoms with Crippen molar-refractivity contribution in [2.45, 2.75) is 50.7 Å². The summed E-state index contributed by atoms with van der Waals surface area (Å²) >= 11 is 6.08. The van der Waals surface area contributed by atoms with Crippen LogP contribution in [0.25, 0.3) is 0 Å². The lowest BCUT2D eigenvalue weighted by Crippen LogP contribution is -2.28. The highest BCUT2D eigenvalue weighted by Crippen LogP contribution is 2.22. The van der Waals surface area contributed by atoms with Crippen molar-refractivity contribution in [2.75, 3.05) is 13.7 Å². The van der Waals surface area contributed by atoms with Crippen molar-refractivity contribution in [1.29, 1.82) is 0 Å². The third kappa shape index (κ3) is 4.72. The minimum atomic E-state index is -0.280. The average molecular weight is 300 g/mol. The summed E-state index contributed by atoms with van der Waals surface area (Å²) in [5.74, 6) is -0.280. The van der Waals surface area contributed by atoms with Crippen LogP contribution in [0.2, 0.25) is 5.02 Å². The van der Waals surface area contributed by atoms with Crippen LogP contribution >= 0.6 is 11.6 Å². The van der Waals surface area contributed by atoms with E-state index in [2.05, 4.69) is 5.32 Å². The molecule has 1 heterocycles. The fourth-order valence-electron chi connectivity index (χ4n) is 2.77. The van der Waals surface area contributed by atoms with Gasteiger partial charge in [-0.05, 0) is 63.3 Å². The van der Waals surface area contributed by atoms with Crippen molar-refractivity contribution in [3.05, 3.63) is 34.6 Å². The van der Waals surface area contributed by atoms with E-state index in [9.17, 15) is 4.39 Å². The quantitative estimate of drug-likeness (QED) is 0.823. The maximum Gasteiger partial charge on any atom is 0.124 e. The van der Waals surface area contributed by atoms with Crippen molar-refractivity contribution < 1.29 is 9.13 Å². The molecule has 4 heteroatoms. The lowest BCUT2D eigenvalue weighted by molar-refractivity contribution is 0.101. The molecule has 1 aliphatic rings. The van der Waals surface area contributed by atoms with Gasteiger partial charge >= 0.3 is 0 Å². The Morgan fingerprint density at radius 2 is 2.35 bits per heavy atom. The normalized spacial score (nSPS) is 20.2. The number of nitrogens with one attached hydrogen (secondary N) is 1. The molecule has 1 N–H and O–H groups in total. The fourth-order valence-corrected chi connectivity index (χ4v) is 3.01. The predicted molar refractivity (Wildman–Crippen MR) is 80.8 cm³/mol. The Kier molecular flexibility index (Phi) is 6.27. The fraction of sp³-hybridized carbons (Fsp3) is 0.625. The van der Waals surface area contributed by atoms with E-state index < -0.39 is 0 Å². The van der Waals surface area contributed by atoms with E-state index in [1.54, 1.807) is 6.07 Å². The molecule has 2 atom stereocenters. The molecule has 1 aromatic rings. The molecular weight excluding hydrogens is 277 g/mol. The van der Waals surface area contributed by atoms with Crippen LogP contribution < -0.4 is 5.32 Å². The summed E-state index contributed by atoms with van der Waals surface area (Å²) in [6.07, 6.45) is 7.07. The summed E-state index contributed by atoms with van der Waals surface area (Å²) in [6, 6.07) is 5.01. The minimum absolute atomic E-state index is 0.280. The molecule has 2 rings (SSSR count). The molecule has 0 saturated carbocycles. The molecule has 1 aliphatic heterocycles. The SMILES string of the molecule is CNC(CCCC1CCCO1)Cc1ccc(F)cc1Cl. The standard InChI is InChI=1S/C16H23ClFNO/c1-19-14(4-2-5-15-6-3-9-20-15)10-12-7-8-13(18)11-16(12)17/h7-8,11,14-15,19H,2-6,9-10H2,1H3. The van der Waals surface area contributed by atoms with E-state index in [0.29, 0.717) is 17.2 Å². The first-order valence-electron chi connectivity index (χ1n) is 7.42. The molecule has 0 spiro atoms. The molecule has 0 aliphatic carbocycles. The highest BCUT2D eigenvalue weighted by Gasteiger charge is 2.16. The van der Waals surface area contributed by atoms with Crippen LogP contribution in [0.15, 0.2) is 18.2 Å². The van der Waals surface area contributed by atoms with Crippen molar-refractivity contribution >= 4 is 11.6 Å². The second kappa shape index (κ2) is 7.96. The number of ether oxygens (including phenoxy) is 1. The zero-order valence-electron chi connectivity index (χ0n) is 12.0. The van der Waals surface area contributed by atoms with Gasteiger partial charge in [0.25, 0.3) is 0 Å². The van der Waals surface area contributed by atoms with E-state index in [-0.39, 0.29) is 5.82 Å². The van der Waals surface area contributed by atoms with E-state index in [4.69, 9.17) is 16.3 Å². The van der Waals surface area contributed by atoms with Crippen molar-refractivity contribution in [2.24, 2.45) is 0 Å². The van der Waals surface area contributed by atoms with Crippen molar-refractivity contribution in [1.82, 2.24) is 5.32 Å². The highest BCUT2D eigenvalue weighted by atomic mass is 35.5. The minimum Gasteiger partial charge on any atom is -0.378 e. The third-order valence-corrected chi connectivity index (χ3v) is 4.34. The van der Waals surface area contributed by atoms with Gasteiger partial charge in [-0.3, -0.25) is 0 Å². The third-order valence-electron chi connectivity index (χ3n) is 3.99. The molecule has 0 aromatic heterocycles. The van der Waals surface area contributed by atoms with Gasteiger partial charge in [-0.25, -0.2) is 4.39 Å². The maximum atomic E-state index is 13.0. The van der Waals surface area contributed by atoms with E-state index in [1.807, 2.05) is 7.05 Å². The summed E-state index contributed by atoms with van der Waals surface area (Å²) in [7, 11) is 1.97. The Morgan fingerprint density at radius 3 is 3.00 bits per heavy atom. The van der Waals surface area contributed by atoms with Gasteiger partial charge in [-0.1, -0.05) is 17.7 Å². The second-order valence-corrected chi connectivity index (χ2v) is 5.90. The molecule has 2 nitrogen and oxygen atoms in total. The molecule has 1 aromatic carbocycles. The van der Waals surface area contributed by atoms with E-state index >= 15 is 0 Å². The van der Waals surface area contributed by atoms with E-state index in [0.717, 1.165) is 37.9 Å². The number of rotatable bonds is 7. The highest BCUT2D eigenvalue weighted by molar-refractivity contribution is 6.31. The first kappa shape index (κ1) is 15.7. The smallest absolute Gasteiger partial charge is 0.124 e. The molecule has 0 amide bonds. The Bertz CT molecular complexity index is 421. The number of benzene rings is 1. The first-order valence-corrected chi connectivity index (χ1v) is 7.79. The van der Waals surface area contributed by atoms with Crippen LogP contribution in [0.1, 0.15) is 37.7 Å². The van der Waals surface area contributed by atoms with Crippen LogP contribution in [0.3, 0.4) is 0 Å². The van der Waals surface area contributed by atoms with Gasteiger partial charge in [-0.15, -0.1) is 0 Å². The average Bonchev–Trinajstić information content (AvgIpc) is 2.93. The number of hydrogen-bond acceptors (Lipinski definition) is 2. The Balaban J connectivity index is 1.78.